The first-order chi connectivity index (χ1) is 9.66. The molecule has 0 unspecified atom stereocenters. The molecule has 8 heteroatoms. The predicted molar refractivity (Wildman–Crippen MR) is 81.3 cm³/mol. The minimum Gasteiger partial charge on any atom is -0.294 e. The van der Waals surface area contributed by atoms with Crippen molar-refractivity contribution in [2.45, 2.75) is 13.8 Å². The van der Waals surface area contributed by atoms with Gasteiger partial charge >= 0.3 is 0 Å². The Morgan fingerprint density at radius 1 is 1.45 bits per heavy atom. The van der Waals surface area contributed by atoms with E-state index in [2.05, 4.69) is 37.8 Å². The summed E-state index contributed by atoms with van der Waals surface area (Å²) in [6.45, 7) is 4.10. The maximum atomic E-state index is 5.05. The molecular weight excluding hydrogens is 292 g/mol. The summed E-state index contributed by atoms with van der Waals surface area (Å²) in [6, 6.07) is 2.07. The van der Waals surface area contributed by atoms with E-state index in [0.29, 0.717) is 4.77 Å². The zero-order chi connectivity index (χ0) is 14.1. The van der Waals surface area contributed by atoms with Crippen molar-refractivity contribution in [2.75, 3.05) is 0 Å². The van der Waals surface area contributed by atoms with E-state index in [1.165, 1.54) is 4.68 Å². The van der Waals surface area contributed by atoms with Gasteiger partial charge in [-0.2, -0.15) is 14.9 Å². The van der Waals surface area contributed by atoms with Gasteiger partial charge in [-0.05, 0) is 32.1 Å². The Labute approximate surface area is 124 Å². The number of aromatic nitrogens is 5. The van der Waals surface area contributed by atoms with Crippen LogP contribution in [0.4, 0.5) is 0 Å². The standard InChI is InChI=1S/C12H12N6S2/c1-8-5-10(6-15-17-7-14-16-11(17)19)9(2)18(8)12-13-3-4-20-12/h3-7H,1-2H3,(H,16,19)/b15-6-. The molecule has 0 aliphatic heterocycles. The lowest BCUT2D eigenvalue weighted by Gasteiger charge is -2.04. The van der Waals surface area contributed by atoms with Crippen molar-refractivity contribution in [3.8, 4) is 5.13 Å². The van der Waals surface area contributed by atoms with Crippen molar-refractivity contribution >= 4 is 29.8 Å². The van der Waals surface area contributed by atoms with Gasteiger partial charge in [-0.1, -0.05) is 0 Å². The first kappa shape index (κ1) is 12.9. The van der Waals surface area contributed by atoms with Crippen LogP contribution in [0.15, 0.2) is 29.1 Å². The van der Waals surface area contributed by atoms with Crippen LogP contribution < -0.4 is 0 Å². The van der Waals surface area contributed by atoms with Crippen molar-refractivity contribution < 1.29 is 0 Å². The second kappa shape index (κ2) is 5.14. The van der Waals surface area contributed by atoms with E-state index in [-0.39, 0.29) is 0 Å². The van der Waals surface area contributed by atoms with Gasteiger partial charge in [0.25, 0.3) is 0 Å². The van der Waals surface area contributed by atoms with Gasteiger partial charge in [0.05, 0.1) is 6.21 Å². The summed E-state index contributed by atoms with van der Waals surface area (Å²) in [5.74, 6) is 0. The molecule has 102 valence electrons. The van der Waals surface area contributed by atoms with Crippen LogP contribution in [0.25, 0.3) is 5.13 Å². The van der Waals surface area contributed by atoms with Gasteiger partial charge < -0.3 is 0 Å². The summed E-state index contributed by atoms with van der Waals surface area (Å²) >= 11 is 6.65. The van der Waals surface area contributed by atoms with Gasteiger partial charge in [0, 0.05) is 28.5 Å². The zero-order valence-corrected chi connectivity index (χ0v) is 12.6. The zero-order valence-electron chi connectivity index (χ0n) is 10.9. The lowest BCUT2D eigenvalue weighted by molar-refractivity contribution is 0.862. The molecular formula is C12H12N6S2. The quantitative estimate of drug-likeness (QED) is 0.597. The third-order valence-electron chi connectivity index (χ3n) is 2.94. The second-order valence-electron chi connectivity index (χ2n) is 4.23. The Hall–Kier alpha value is -2.06. The number of thiazole rings is 1. The number of nitrogens with zero attached hydrogens (tertiary/aromatic N) is 5. The number of rotatable bonds is 3. The summed E-state index contributed by atoms with van der Waals surface area (Å²) in [5, 5.41) is 13.7. The predicted octanol–water partition coefficient (Wildman–Crippen LogP) is 2.69. The van der Waals surface area contributed by atoms with Crippen molar-refractivity contribution in [3.05, 3.63) is 45.7 Å². The largest absolute Gasteiger partial charge is 0.294 e. The fourth-order valence-corrected chi connectivity index (χ4v) is 2.89. The molecule has 1 N–H and O–H groups in total. The lowest BCUT2D eigenvalue weighted by Crippen LogP contribution is -1.98. The monoisotopic (exact) mass is 304 g/mol. The average Bonchev–Trinajstić information content (AvgIpc) is 3.10. The highest BCUT2D eigenvalue weighted by atomic mass is 32.1. The molecule has 20 heavy (non-hydrogen) atoms. The number of aromatic amines is 1. The second-order valence-corrected chi connectivity index (χ2v) is 5.49. The SMILES string of the molecule is Cc1cc(/C=N\n2cn[nH]c2=S)c(C)n1-c1nccs1. The van der Waals surface area contributed by atoms with Gasteiger partial charge in [-0.15, -0.1) is 11.3 Å². The molecule has 0 aromatic carbocycles. The van der Waals surface area contributed by atoms with Crippen molar-refractivity contribution in [2.24, 2.45) is 5.10 Å². The maximum absolute atomic E-state index is 5.05. The lowest BCUT2D eigenvalue weighted by atomic mass is 10.3. The highest BCUT2D eigenvalue weighted by molar-refractivity contribution is 7.71. The molecule has 3 aromatic rings. The molecule has 6 nitrogen and oxygen atoms in total. The topological polar surface area (TPSA) is 63.8 Å². The van der Waals surface area contributed by atoms with Crippen LogP contribution in [0.2, 0.25) is 0 Å². The molecule has 0 aliphatic rings. The normalized spacial score (nSPS) is 11.5. The first-order valence-electron chi connectivity index (χ1n) is 5.92. The molecule has 0 bridgehead atoms. The number of nitrogens with one attached hydrogen (secondary N) is 1. The van der Waals surface area contributed by atoms with Crippen molar-refractivity contribution in [3.63, 3.8) is 0 Å². The third kappa shape index (κ3) is 2.23. The number of aryl methyl sites for hydroxylation is 1. The Bertz CT molecular complexity index is 805. The highest BCUT2D eigenvalue weighted by Gasteiger charge is 2.10. The molecule has 3 heterocycles. The van der Waals surface area contributed by atoms with Crippen LogP contribution in [0.3, 0.4) is 0 Å². The molecule has 0 spiro atoms. The average molecular weight is 304 g/mol. The minimum atomic E-state index is 0.468. The number of hydrogen-bond donors (Lipinski definition) is 1. The fraction of sp³-hybridized carbons (Fsp3) is 0.167. The summed E-state index contributed by atoms with van der Waals surface area (Å²) in [7, 11) is 0. The molecule has 3 aromatic heterocycles. The van der Waals surface area contributed by atoms with Gasteiger partial charge in [0.1, 0.15) is 6.33 Å². The van der Waals surface area contributed by atoms with Crippen molar-refractivity contribution in [1.29, 1.82) is 0 Å². The van der Waals surface area contributed by atoms with Gasteiger partial charge in [0.2, 0.25) is 4.77 Å². The van der Waals surface area contributed by atoms with Crippen molar-refractivity contribution in [1.82, 2.24) is 24.4 Å². The van der Waals surface area contributed by atoms with E-state index in [0.717, 1.165) is 22.1 Å². The first-order valence-corrected chi connectivity index (χ1v) is 7.21. The van der Waals surface area contributed by atoms with E-state index >= 15 is 0 Å². The number of hydrogen-bond acceptors (Lipinski definition) is 5. The van der Waals surface area contributed by atoms with E-state index in [4.69, 9.17) is 12.2 Å². The van der Waals surface area contributed by atoms with E-state index in [1.54, 1.807) is 30.1 Å². The fourth-order valence-electron chi connectivity index (χ4n) is 1.99. The molecule has 0 radical (unpaired) electrons. The van der Waals surface area contributed by atoms with Crippen LogP contribution in [0.5, 0.6) is 0 Å². The maximum Gasteiger partial charge on any atom is 0.216 e. The minimum absolute atomic E-state index is 0.468. The Morgan fingerprint density at radius 3 is 2.95 bits per heavy atom. The van der Waals surface area contributed by atoms with Gasteiger partial charge in [-0.3, -0.25) is 9.67 Å². The molecule has 3 rings (SSSR count). The van der Waals surface area contributed by atoms with E-state index in [9.17, 15) is 0 Å². The Balaban J connectivity index is 2.00. The molecule has 0 fully saturated rings. The molecule has 0 saturated carbocycles. The molecule has 0 saturated heterocycles. The summed E-state index contributed by atoms with van der Waals surface area (Å²) in [4.78, 5) is 4.35. The van der Waals surface area contributed by atoms with Gasteiger partial charge in [-0.25, -0.2) is 4.98 Å². The summed E-state index contributed by atoms with van der Waals surface area (Å²) in [6.07, 6.45) is 5.12. The van der Waals surface area contributed by atoms with Crippen LogP contribution in [0, 0.1) is 18.6 Å². The van der Waals surface area contributed by atoms with Gasteiger partial charge in [0.15, 0.2) is 5.13 Å². The van der Waals surface area contributed by atoms with Crippen LogP contribution in [0.1, 0.15) is 17.0 Å². The molecule has 0 atom stereocenters. The smallest absolute Gasteiger partial charge is 0.216 e. The van der Waals surface area contributed by atoms with Crippen LogP contribution in [-0.4, -0.2) is 30.6 Å². The van der Waals surface area contributed by atoms with Crippen LogP contribution >= 0.6 is 23.6 Å². The summed E-state index contributed by atoms with van der Waals surface area (Å²) in [5.41, 5.74) is 3.24. The highest BCUT2D eigenvalue weighted by Crippen LogP contribution is 2.21. The Morgan fingerprint density at radius 2 is 2.30 bits per heavy atom. The summed E-state index contributed by atoms with van der Waals surface area (Å²) < 4.78 is 4.10. The number of H-pyrrole nitrogens is 1. The third-order valence-corrected chi connectivity index (χ3v) is 3.97. The Kier molecular flexibility index (Phi) is 3.33. The van der Waals surface area contributed by atoms with E-state index in [1.807, 2.05) is 12.3 Å². The van der Waals surface area contributed by atoms with E-state index < -0.39 is 0 Å². The molecule has 0 amide bonds. The van der Waals surface area contributed by atoms with Crippen LogP contribution in [-0.2, 0) is 0 Å². The molecule has 0 aliphatic carbocycles.